The third-order valence-corrected chi connectivity index (χ3v) is 4.78. The standard InChI is InChI=1S/C11H13FINO4S/c1-3-19(16,17)14(7-11(15)18-2)10-5-4-8(13)6-9(10)12/h4-6H,3,7H2,1-2H3. The van der Waals surface area contributed by atoms with Gasteiger partial charge in [-0.1, -0.05) is 0 Å². The molecule has 0 bridgehead atoms. The molecule has 0 spiro atoms. The van der Waals surface area contributed by atoms with Crippen molar-refractivity contribution < 1.29 is 22.3 Å². The van der Waals surface area contributed by atoms with Crippen LogP contribution in [0, 0.1) is 9.39 Å². The summed E-state index contributed by atoms with van der Waals surface area (Å²) in [5, 5.41) is 0. The van der Waals surface area contributed by atoms with Crippen molar-refractivity contribution in [3.8, 4) is 0 Å². The Hall–Kier alpha value is -0.900. The fourth-order valence-corrected chi connectivity index (χ4v) is 2.87. The second-order valence-electron chi connectivity index (χ2n) is 3.58. The van der Waals surface area contributed by atoms with Crippen LogP contribution in [0.3, 0.4) is 0 Å². The normalized spacial score (nSPS) is 11.2. The van der Waals surface area contributed by atoms with Gasteiger partial charge in [0.25, 0.3) is 0 Å². The Bertz CT molecular complexity index is 576. The van der Waals surface area contributed by atoms with Gasteiger partial charge in [0.2, 0.25) is 10.0 Å². The highest BCUT2D eigenvalue weighted by Gasteiger charge is 2.26. The number of esters is 1. The first kappa shape index (κ1) is 16.2. The van der Waals surface area contributed by atoms with Crippen molar-refractivity contribution in [3.63, 3.8) is 0 Å². The minimum absolute atomic E-state index is 0.160. The van der Waals surface area contributed by atoms with Crippen LogP contribution in [-0.4, -0.2) is 33.8 Å². The number of halogens is 2. The summed E-state index contributed by atoms with van der Waals surface area (Å²) < 4.78 is 43.5. The maximum Gasteiger partial charge on any atom is 0.326 e. The summed E-state index contributed by atoms with van der Waals surface area (Å²) in [4.78, 5) is 11.3. The van der Waals surface area contributed by atoms with Crippen LogP contribution in [0.15, 0.2) is 18.2 Å². The molecule has 5 nitrogen and oxygen atoms in total. The van der Waals surface area contributed by atoms with Crippen molar-refractivity contribution in [1.82, 2.24) is 0 Å². The van der Waals surface area contributed by atoms with Crippen molar-refractivity contribution >= 4 is 44.3 Å². The lowest BCUT2D eigenvalue weighted by Gasteiger charge is -2.23. The van der Waals surface area contributed by atoms with Gasteiger partial charge in [-0.05, 0) is 47.7 Å². The number of benzene rings is 1. The summed E-state index contributed by atoms with van der Waals surface area (Å²) in [6.45, 7) is 0.869. The van der Waals surface area contributed by atoms with Crippen LogP contribution in [0.4, 0.5) is 10.1 Å². The predicted molar refractivity (Wildman–Crippen MR) is 77.9 cm³/mol. The van der Waals surface area contributed by atoms with Crippen LogP contribution < -0.4 is 4.31 Å². The van der Waals surface area contributed by atoms with E-state index in [-0.39, 0.29) is 11.4 Å². The molecule has 0 aliphatic heterocycles. The minimum Gasteiger partial charge on any atom is -0.468 e. The third kappa shape index (κ3) is 4.03. The molecule has 0 aromatic heterocycles. The van der Waals surface area contributed by atoms with E-state index in [0.29, 0.717) is 3.57 Å². The van der Waals surface area contributed by atoms with Crippen molar-refractivity contribution in [1.29, 1.82) is 0 Å². The minimum atomic E-state index is -3.76. The Morgan fingerprint density at radius 3 is 2.58 bits per heavy atom. The first-order chi connectivity index (χ1) is 8.81. The quantitative estimate of drug-likeness (QED) is 0.557. The maximum absolute atomic E-state index is 13.9. The van der Waals surface area contributed by atoms with E-state index in [2.05, 4.69) is 4.74 Å². The van der Waals surface area contributed by atoms with Crippen molar-refractivity contribution in [2.75, 3.05) is 23.7 Å². The number of nitrogens with zero attached hydrogens (tertiary/aromatic N) is 1. The molecule has 19 heavy (non-hydrogen) atoms. The lowest BCUT2D eigenvalue weighted by molar-refractivity contribution is -0.138. The molecular weight excluding hydrogens is 388 g/mol. The smallest absolute Gasteiger partial charge is 0.326 e. The van der Waals surface area contributed by atoms with Crippen LogP contribution >= 0.6 is 22.6 Å². The van der Waals surface area contributed by atoms with E-state index in [0.717, 1.165) is 11.4 Å². The molecule has 0 amide bonds. The van der Waals surface area contributed by atoms with E-state index in [1.165, 1.54) is 19.1 Å². The molecule has 0 radical (unpaired) electrons. The fraction of sp³-hybridized carbons (Fsp3) is 0.364. The van der Waals surface area contributed by atoms with Crippen molar-refractivity contribution in [2.45, 2.75) is 6.92 Å². The molecule has 0 saturated heterocycles. The summed E-state index contributed by atoms with van der Waals surface area (Å²) in [5.41, 5.74) is -0.160. The SMILES string of the molecule is CCS(=O)(=O)N(CC(=O)OC)c1ccc(I)cc1F. The van der Waals surface area contributed by atoms with Crippen molar-refractivity contribution in [2.24, 2.45) is 0 Å². The average Bonchev–Trinajstić information content (AvgIpc) is 2.36. The maximum atomic E-state index is 13.9. The number of carbonyl (C=O) groups excluding carboxylic acids is 1. The van der Waals surface area contributed by atoms with Gasteiger partial charge >= 0.3 is 5.97 Å². The summed E-state index contributed by atoms with van der Waals surface area (Å²) in [6.07, 6.45) is 0. The van der Waals surface area contributed by atoms with Gasteiger partial charge in [-0.3, -0.25) is 9.10 Å². The zero-order valence-electron chi connectivity index (χ0n) is 10.4. The van der Waals surface area contributed by atoms with Crippen molar-refractivity contribution in [3.05, 3.63) is 27.6 Å². The zero-order chi connectivity index (χ0) is 14.6. The molecule has 0 fully saturated rings. The molecule has 0 saturated carbocycles. The Morgan fingerprint density at radius 1 is 1.47 bits per heavy atom. The lowest BCUT2D eigenvalue weighted by Crippen LogP contribution is -2.37. The topological polar surface area (TPSA) is 63.7 Å². The molecule has 0 aliphatic rings. The summed E-state index contributed by atoms with van der Waals surface area (Å²) in [6, 6.07) is 4.09. The van der Waals surface area contributed by atoms with Crippen LogP contribution in [0.2, 0.25) is 0 Å². The highest BCUT2D eigenvalue weighted by Crippen LogP contribution is 2.24. The Labute approximate surface area is 124 Å². The van der Waals surface area contributed by atoms with E-state index in [1.807, 2.05) is 22.6 Å². The van der Waals surface area contributed by atoms with E-state index in [9.17, 15) is 17.6 Å². The largest absolute Gasteiger partial charge is 0.468 e. The Balaban J connectivity index is 3.27. The summed E-state index contributed by atoms with van der Waals surface area (Å²) >= 11 is 1.91. The molecule has 0 atom stereocenters. The van der Waals surface area contributed by atoms with E-state index in [4.69, 9.17) is 0 Å². The van der Waals surface area contributed by atoms with Gasteiger partial charge in [-0.2, -0.15) is 0 Å². The van der Waals surface area contributed by atoms with Crippen LogP contribution in [-0.2, 0) is 19.6 Å². The average molecular weight is 401 g/mol. The first-order valence-corrected chi connectivity index (χ1v) is 8.03. The summed E-state index contributed by atoms with van der Waals surface area (Å²) in [5.74, 6) is -1.70. The highest BCUT2D eigenvalue weighted by molar-refractivity contribution is 14.1. The van der Waals surface area contributed by atoms with E-state index < -0.39 is 28.4 Å². The molecular formula is C11H13FINO4S. The van der Waals surface area contributed by atoms with Crippen LogP contribution in [0.25, 0.3) is 0 Å². The monoisotopic (exact) mass is 401 g/mol. The summed E-state index contributed by atoms with van der Waals surface area (Å²) in [7, 11) is -2.62. The number of sulfonamides is 1. The molecule has 1 aromatic carbocycles. The fourth-order valence-electron chi connectivity index (χ4n) is 1.35. The van der Waals surface area contributed by atoms with E-state index in [1.54, 1.807) is 6.07 Å². The highest BCUT2D eigenvalue weighted by atomic mass is 127. The van der Waals surface area contributed by atoms with Gasteiger partial charge in [-0.25, -0.2) is 12.8 Å². The van der Waals surface area contributed by atoms with E-state index >= 15 is 0 Å². The predicted octanol–water partition coefficient (Wildman–Crippen LogP) is 1.76. The number of ether oxygens (including phenoxy) is 1. The number of anilines is 1. The number of hydrogen-bond acceptors (Lipinski definition) is 4. The number of methoxy groups -OCH3 is 1. The van der Waals surface area contributed by atoms with Crippen LogP contribution in [0.1, 0.15) is 6.92 Å². The Morgan fingerprint density at radius 2 is 2.11 bits per heavy atom. The molecule has 0 heterocycles. The number of carbonyl (C=O) groups is 1. The molecule has 1 aromatic rings. The Kier molecular flexibility index (Phi) is 5.53. The molecule has 1 rings (SSSR count). The number of hydrogen-bond donors (Lipinski definition) is 0. The molecule has 0 unspecified atom stereocenters. The van der Waals surface area contributed by atoms with Gasteiger partial charge in [0.05, 0.1) is 18.6 Å². The number of rotatable bonds is 5. The molecule has 0 N–H and O–H groups in total. The van der Waals surface area contributed by atoms with Gasteiger partial charge in [0.1, 0.15) is 12.4 Å². The third-order valence-electron chi connectivity index (χ3n) is 2.38. The first-order valence-electron chi connectivity index (χ1n) is 5.34. The zero-order valence-corrected chi connectivity index (χ0v) is 13.4. The van der Waals surface area contributed by atoms with Gasteiger partial charge in [0, 0.05) is 3.57 Å². The van der Waals surface area contributed by atoms with Gasteiger partial charge in [-0.15, -0.1) is 0 Å². The van der Waals surface area contributed by atoms with Gasteiger partial charge in [0.15, 0.2) is 0 Å². The second kappa shape index (κ2) is 6.51. The lowest BCUT2D eigenvalue weighted by atomic mass is 10.3. The molecule has 0 aliphatic carbocycles. The van der Waals surface area contributed by atoms with Gasteiger partial charge < -0.3 is 4.74 Å². The molecule has 106 valence electrons. The molecule has 8 heteroatoms. The van der Waals surface area contributed by atoms with Crippen LogP contribution in [0.5, 0.6) is 0 Å². The second-order valence-corrected chi connectivity index (χ2v) is 7.01.